The first-order chi connectivity index (χ1) is 11.1. The number of hydrogen-bond donors (Lipinski definition) is 2. The van der Waals surface area contributed by atoms with Crippen LogP contribution in [0.4, 0.5) is 5.69 Å². The van der Waals surface area contributed by atoms with Crippen LogP contribution in [0.1, 0.15) is 32.4 Å². The largest absolute Gasteiger partial charge is 0.494 e. The van der Waals surface area contributed by atoms with Gasteiger partial charge in [0.05, 0.1) is 12.6 Å². The van der Waals surface area contributed by atoms with Crippen LogP contribution in [0.3, 0.4) is 0 Å². The Morgan fingerprint density at radius 3 is 2.26 bits per heavy atom. The first kappa shape index (κ1) is 17.3. The number of hydrogen-bond acceptors (Lipinski definition) is 2. The van der Waals surface area contributed by atoms with E-state index in [-0.39, 0.29) is 6.04 Å². The van der Waals surface area contributed by atoms with Crippen molar-refractivity contribution in [2.75, 3.05) is 11.9 Å². The van der Waals surface area contributed by atoms with Gasteiger partial charge in [0.25, 0.3) is 0 Å². The van der Waals surface area contributed by atoms with E-state index in [1.165, 1.54) is 5.56 Å². The number of rotatable bonds is 6. The molecule has 2 rings (SSSR count). The van der Waals surface area contributed by atoms with Crippen molar-refractivity contribution in [1.29, 1.82) is 0 Å². The first-order valence-corrected chi connectivity index (χ1v) is 8.36. The lowest BCUT2D eigenvalue weighted by Gasteiger charge is -2.24. The summed E-state index contributed by atoms with van der Waals surface area (Å²) in [5, 5.41) is 7.26. The van der Waals surface area contributed by atoms with Crippen LogP contribution in [0.5, 0.6) is 5.75 Å². The highest BCUT2D eigenvalue weighted by molar-refractivity contribution is 7.80. The lowest BCUT2D eigenvalue weighted by Crippen LogP contribution is -2.34. The molecule has 122 valence electrons. The van der Waals surface area contributed by atoms with Crippen molar-refractivity contribution in [2.45, 2.75) is 26.8 Å². The van der Waals surface area contributed by atoms with Crippen molar-refractivity contribution in [3.63, 3.8) is 0 Å². The Labute approximate surface area is 144 Å². The summed E-state index contributed by atoms with van der Waals surface area (Å²) >= 11 is 5.46. The van der Waals surface area contributed by atoms with Crippen molar-refractivity contribution in [2.24, 2.45) is 5.92 Å². The third-order valence-corrected chi connectivity index (χ3v) is 3.76. The van der Waals surface area contributed by atoms with E-state index in [9.17, 15) is 0 Å². The summed E-state index contributed by atoms with van der Waals surface area (Å²) in [5.41, 5.74) is 2.18. The van der Waals surface area contributed by atoms with Crippen molar-refractivity contribution < 1.29 is 4.74 Å². The molecule has 0 saturated carbocycles. The molecule has 2 N–H and O–H groups in total. The lowest BCUT2D eigenvalue weighted by atomic mass is 9.96. The van der Waals surface area contributed by atoms with Crippen LogP contribution in [0.25, 0.3) is 0 Å². The molecule has 4 heteroatoms. The number of nitrogens with one attached hydrogen (secondary N) is 2. The summed E-state index contributed by atoms with van der Waals surface area (Å²) in [6.07, 6.45) is 0. The average Bonchev–Trinajstić information content (AvgIpc) is 2.55. The summed E-state index contributed by atoms with van der Waals surface area (Å²) in [4.78, 5) is 0. The van der Waals surface area contributed by atoms with Crippen LogP contribution < -0.4 is 15.4 Å². The first-order valence-electron chi connectivity index (χ1n) is 7.95. The van der Waals surface area contributed by atoms with Crippen molar-refractivity contribution in [1.82, 2.24) is 5.32 Å². The topological polar surface area (TPSA) is 33.3 Å². The molecule has 0 fully saturated rings. The van der Waals surface area contributed by atoms with E-state index in [0.717, 1.165) is 11.4 Å². The molecule has 23 heavy (non-hydrogen) atoms. The summed E-state index contributed by atoms with van der Waals surface area (Å²) in [6, 6.07) is 18.4. The standard InChI is InChI=1S/C19H24N2OS/c1-4-22-17-12-10-16(11-13-17)20-19(23)21-18(14(2)3)15-8-6-5-7-9-15/h5-14,18H,4H2,1-3H3,(H2,20,21,23)/t18-/m1/s1. The van der Waals surface area contributed by atoms with Crippen LogP contribution in [0.15, 0.2) is 54.6 Å². The molecule has 0 aliphatic carbocycles. The molecular weight excluding hydrogens is 304 g/mol. The molecule has 1 atom stereocenters. The molecule has 0 saturated heterocycles. The fraction of sp³-hybridized carbons (Fsp3) is 0.316. The van der Waals surface area contributed by atoms with Crippen molar-refractivity contribution >= 4 is 23.0 Å². The summed E-state index contributed by atoms with van der Waals surface area (Å²) in [5.74, 6) is 1.29. The Kier molecular flexibility index (Phi) is 6.41. The van der Waals surface area contributed by atoms with Gasteiger partial charge in [-0.2, -0.15) is 0 Å². The molecule has 0 heterocycles. The molecule has 0 aliphatic rings. The second-order valence-corrected chi connectivity index (χ2v) is 6.10. The fourth-order valence-electron chi connectivity index (χ4n) is 2.40. The summed E-state index contributed by atoms with van der Waals surface area (Å²) < 4.78 is 5.44. The Morgan fingerprint density at radius 2 is 1.70 bits per heavy atom. The van der Waals surface area contributed by atoms with Gasteiger partial charge in [0.15, 0.2) is 5.11 Å². The molecular formula is C19H24N2OS. The molecule has 2 aromatic carbocycles. The minimum atomic E-state index is 0.180. The highest BCUT2D eigenvalue weighted by Gasteiger charge is 2.16. The predicted octanol–water partition coefficient (Wildman–Crippen LogP) is 4.77. The molecule has 2 aromatic rings. The fourth-order valence-corrected chi connectivity index (χ4v) is 2.65. The van der Waals surface area contributed by atoms with Gasteiger partial charge >= 0.3 is 0 Å². The van der Waals surface area contributed by atoms with Crippen LogP contribution in [-0.4, -0.2) is 11.7 Å². The molecule has 0 radical (unpaired) electrons. The highest BCUT2D eigenvalue weighted by Crippen LogP contribution is 2.22. The SMILES string of the molecule is CCOc1ccc(NC(=S)N[C@@H](c2ccccc2)C(C)C)cc1. The molecule has 0 amide bonds. The number of ether oxygens (including phenoxy) is 1. The second-order valence-electron chi connectivity index (χ2n) is 5.69. The minimum Gasteiger partial charge on any atom is -0.494 e. The summed E-state index contributed by atoms with van der Waals surface area (Å²) in [7, 11) is 0. The third-order valence-electron chi connectivity index (χ3n) is 3.54. The molecule has 3 nitrogen and oxygen atoms in total. The normalized spacial score (nSPS) is 11.8. The minimum absolute atomic E-state index is 0.180. The van der Waals surface area contributed by atoms with Gasteiger partial charge in [0, 0.05) is 5.69 Å². The van der Waals surface area contributed by atoms with E-state index >= 15 is 0 Å². The van der Waals surface area contributed by atoms with Crippen LogP contribution in [0.2, 0.25) is 0 Å². The molecule has 0 spiro atoms. The van der Waals surface area contributed by atoms with E-state index in [2.05, 4.69) is 48.7 Å². The van der Waals surface area contributed by atoms with Gasteiger partial charge in [-0.25, -0.2) is 0 Å². The molecule has 0 aromatic heterocycles. The molecule has 0 aliphatic heterocycles. The van der Waals surface area contributed by atoms with Gasteiger partial charge in [-0.1, -0.05) is 44.2 Å². The van der Waals surface area contributed by atoms with Gasteiger partial charge in [0.1, 0.15) is 5.75 Å². The highest BCUT2D eigenvalue weighted by atomic mass is 32.1. The van der Waals surface area contributed by atoms with Gasteiger partial charge in [-0.3, -0.25) is 0 Å². The molecule has 0 unspecified atom stereocenters. The van der Waals surface area contributed by atoms with Crippen LogP contribution in [-0.2, 0) is 0 Å². The zero-order valence-electron chi connectivity index (χ0n) is 13.9. The van der Waals surface area contributed by atoms with E-state index in [1.54, 1.807) is 0 Å². The zero-order valence-corrected chi connectivity index (χ0v) is 14.7. The van der Waals surface area contributed by atoms with Gasteiger partial charge in [0.2, 0.25) is 0 Å². The smallest absolute Gasteiger partial charge is 0.171 e. The summed E-state index contributed by atoms with van der Waals surface area (Å²) in [6.45, 7) is 7.01. The zero-order chi connectivity index (χ0) is 16.7. The van der Waals surface area contributed by atoms with E-state index in [4.69, 9.17) is 17.0 Å². The van der Waals surface area contributed by atoms with Gasteiger partial charge < -0.3 is 15.4 Å². The second kappa shape index (κ2) is 8.53. The maximum Gasteiger partial charge on any atom is 0.171 e. The van der Waals surface area contributed by atoms with Crippen LogP contribution >= 0.6 is 12.2 Å². The van der Waals surface area contributed by atoms with Gasteiger partial charge in [-0.15, -0.1) is 0 Å². The van der Waals surface area contributed by atoms with Gasteiger partial charge in [-0.05, 0) is 54.9 Å². The van der Waals surface area contributed by atoms with Crippen molar-refractivity contribution in [3.8, 4) is 5.75 Å². The van der Waals surface area contributed by atoms with Crippen molar-refractivity contribution in [3.05, 3.63) is 60.2 Å². The predicted molar refractivity (Wildman–Crippen MR) is 101 cm³/mol. The number of benzene rings is 2. The van der Waals surface area contributed by atoms with E-state index in [0.29, 0.717) is 17.6 Å². The number of anilines is 1. The molecule has 0 bridgehead atoms. The Morgan fingerprint density at radius 1 is 1.04 bits per heavy atom. The Balaban J connectivity index is 1.99. The quantitative estimate of drug-likeness (QED) is 0.749. The monoisotopic (exact) mass is 328 g/mol. The van der Waals surface area contributed by atoms with Crippen LogP contribution in [0, 0.1) is 5.92 Å². The average molecular weight is 328 g/mol. The lowest BCUT2D eigenvalue weighted by molar-refractivity contribution is 0.340. The maximum atomic E-state index is 5.46. The Bertz CT molecular complexity index is 611. The Hall–Kier alpha value is -2.07. The van der Waals surface area contributed by atoms with E-state index in [1.807, 2.05) is 37.3 Å². The number of thiocarbonyl (C=S) groups is 1. The maximum absolute atomic E-state index is 5.46. The van der Waals surface area contributed by atoms with E-state index < -0.39 is 0 Å². The third kappa shape index (κ3) is 5.25.